The average molecular weight is 528 g/mol. The molecule has 1 aliphatic heterocycles. The predicted octanol–water partition coefficient (Wildman–Crippen LogP) is 4.89. The number of anilines is 1. The highest BCUT2D eigenvalue weighted by molar-refractivity contribution is 7.89. The van der Waals surface area contributed by atoms with E-state index < -0.39 is 10.0 Å². The minimum absolute atomic E-state index is 0.142. The Bertz CT molecular complexity index is 1570. The summed E-state index contributed by atoms with van der Waals surface area (Å²) in [7, 11) is -3.67. The van der Waals surface area contributed by atoms with Crippen molar-refractivity contribution in [2.24, 2.45) is 0 Å². The molecule has 0 unspecified atom stereocenters. The van der Waals surface area contributed by atoms with E-state index >= 15 is 0 Å². The fourth-order valence-electron chi connectivity index (χ4n) is 4.55. The Morgan fingerprint density at radius 1 is 0.943 bits per heavy atom. The first kappa shape index (κ1) is 24.1. The second-order valence-electron chi connectivity index (χ2n) is 8.79. The molecular formula is C26H26ClN3O3S2. The molecule has 182 valence electrons. The van der Waals surface area contributed by atoms with Crippen LogP contribution in [0.5, 0.6) is 0 Å². The molecule has 9 heteroatoms. The zero-order chi connectivity index (χ0) is 24.7. The lowest BCUT2D eigenvalue weighted by molar-refractivity contribution is 0.385. The van der Waals surface area contributed by atoms with Crippen LogP contribution in [-0.2, 0) is 16.6 Å². The molecule has 0 amide bonds. The van der Waals surface area contributed by atoms with Crippen molar-refractivity contribution in [2.45, 2.75) is 25.3 Å². The topological polar surface area (TPSA) is 62.6 Å². The van der Waals surface area contributed by atoms with Crippen molar-refractivity contribution >= 4 is 48.9 Å². The molecule has 1 saturated heterocycles. The van der Waals surface area contributed by atoms with E-state index in [2.05, 4.69) is 30.9 Å². The van der Waals surface area contributed by atoms with Gasteiger partial charge in [-0.25, -0.2) is 8.42 Å². The van der Waals surface area contributed by atoms with Gasteiger partial charge in [0.15, 0.2) is 0 Å². The third kappa shape index (κ3) is 4.51. The van der Waals surface area contributed by atoms with Crippen molar-refractivity contribution in [3.63, 3.8) is 0 Å². The molecule has 2 heterocycles. The van der Waals surface area contributed by atoms with Gasteiger partial charge in [-0.2, -0.15) is 4.31 Å². The number of fused-ring (bicyclic) bond motifs is 1. The second kappa shape index (κ2) is 9.43. The SMILES string of the molecule is Cc1cccc(N2CCN(S(=O)(=O)c3ccc4c(c3)sc(=O)n4Cc3ccccc3Cl)CC2)c1C. The van der Waals surface area contributed by atoms with Crippen molar-refractivity contribution < 1.29 is 8.42 Å². The van der Waals surface area contributed by atoms with Crippen molar-refractivity contribution in [3.8, 4) is 0 Å². The third-order valence-electron chi connectivity index (χ3n) is 6.72. The van der Waals surface area contributed by atoms with E-state index in [0.29, 0.717) is 48.0 Å². The number of aromatic nitrogens is 1. The molecule has 0 saturated carbocycles. The van der Waals surface area contributed by atoms with Crippen LogP contribution in [0.25, 0.3) is 10.2 Å². The van der Waals surface area contributed by atoms with Gasteiger partial charge in [0, 0.05) is 36.9 Å². The van der Waals surface area contributed by atoms with Crippen LogP contribution in [0.15, 0.2) is 70.4 Å². The van der Waals surface area contributed by atoms with E-state index in [0.717, 1.165) is 22.6 Å². The van der Waals surface area contributed by atoms with Gasteiger partial charge in [-0.05, 0) is 60.9 Å². The molecule has 0 aliphatic carbocycles. The zero-order valence-electron chi connectivity index (χ0n) is 19.6. The molecule has 3 aromatic carbocycles. The Kier molecular flexibility index (Phi) is 6.48. The molecule has 0 atom stereocenters. The monoisotopic (exact) mass is 527 g/mol. The molecule has 5 rings (SSSR count). The minimum Gasteiger partial charge on any atom is -0.369 e. The Morgan fingerprint density at radius 2 is 1.69 bits per heavy atom. The molecule has 0 N–H and O–H groups in total. The van der Waals surface area contributed by atoms with Gasteiger partial charge in [0.2, 0.25) is 10.0 Å². The lowest BCUT2D eigenvalue weighted by Crippen LogP contribution is -2.48. The van der Waals surface area contributed by atoms with E-state index in [9.17, 15) is 13.2 Å². The number of piperazine rings is 1. The number of halogens is 1. The number of aryl methyl sites for hydroxylation is 1. The maximum absolute atomic E-state index is 13.4. The lowest BCUT2D eigenvalue weighted by atomic mass is 10.1. The second-order valence-corrected chi connectivity index (χ2v) is 12.1. The van der Waals surface area contributed by atoms with Gasteiger partial charge in [0.25, 0.3) is 0 Å². The molecule has 4 aromatic rings. The van der Waals surface area contributed by atoms with Gasteiger partial charge >= 0.3 is 4.87 Å². The number of rotatable bonds is 5. The summed E-state index contributed by atoms with van der Waals surface area (Å²) in [5.74, 6) is 0. The maximum atomic E-state index is 13.4. The van der Waals surface area contributed by atoms with Gasteiger partial charge in [0.1, 0.15) is 0 Å². The van der Waals surface area contributed by atoms with Crippen LogP contribution in [-0.4, -0.2) is 43.5 Å². The summed E-state index contributed by atoms with van der Waals surface area (Å²) in [4.78, 5) is 15.0. The highest BCUT2D eigenvalue weighted by Crippen LogP contribution is 2.28. The molecule has 0 radical (unpaired) electrons. The number of thiazole rings is 1. The summed E-state index contributed by atoms with van der Waals surface area (Å²) in [5, 5.41) is 0.595. The van der Waals surface area contributed by atoms with Crippen LogP contribution in [0.2, 0.25) is 5.02 Å². The Morgan fingerprint density at radius 3 is 2.43 bits per heavy atom. The largest absolute Gasteiger partial charge is 0.369 e. The fraction of sp³-hybridized carbons (Fsp3) is 0.269. The van der Waals surface area contributed by atoms with Crippen LogP contribution < -0.4 is 9.77 Å². The molecule has 0 bridgehead atoms. The van der Waals surface area contributed by atoms with Gasteiger partial charge in [0.05, 0.1) is 21.7 Å². The normalized spacial score (nSPS) is 15.1. The van der Waals surface area contributed by atoms with Crippen LogP contribution in [0, 0.1) is 13.8 Å². The molecule has 1 aromatic heterocycles. The van der Waals surface area contributed by atoms with E-state index in [4.69, 9.17) is 11.6 Å². The van der Waals surface area contributed by atoms with Crippen molar-refractivity contribution in [3.05, 3.63) is 92.0 Å². The lowest BCUT2D eigenvalue weighted by Gasteiger charge is -2.36. The smallest absolute Gasteiger partial charge is 0.308 e. The molecule has 0 spiro atoms. The average Bonchev–Trinajstić information content (AvgIpc) is 3.16. The Labute approximate surface area is 214 Å². The number of hydrogen-bond donors (Lipinski definition) is 0. The summed E-state index contributed by atoms with van der Waals surface area (Å²) in [6, 6.07) is 18.6. The maximum Gasteiger partial charge on any atom is 0.308 e. The zero-order valence-corrected chi connectivity index (χ0v) is 22.0. The Hall–Kier alpha value is -2.65. The summed E-state index contributed by atoms with van der Waals surface area (Å²) in [5.41, 5.74) is 5.16. The molecule has 6 nitrogen and oxygen atoms in total. The first-order valence-corrected chi connectivity index (χ1v) is 14.1. The first-order chi connectivity index (χ1) is 16.8. The van der Waals surface area contributed by atoms with E-state index in [1.54, 1.807) is 33.1 Å². The quantitative estimate of drug-likeness (QED) is 0.370. The summed E-state index contributed by atoms with van der Waals surface area (Å²) in [6.45, 7) is 6.62. The van der Waals surface area contributed by atoms with Gasteiger partial charge in [-0.3, -0.25) is 9.36 Å². The van der Waals surface area contributed by atoms with Gasteiger partial charge < -0.3 is 4.90 Å². The molecular weight excluding hydrogens is 502 g/mol. The first-order valence-electron chi connectivity index (χ1n) is 11.4. The molecule has 1 aliphatic rings. The van der Waals surface area contributed by atoms with Crippen LogP contribution in [0.4, 0.5) is 5.69 Å². The number of nitrogens with zero attached hydrogens (tertiary/aromatic N) is 3. The standard InChI is InChI=1S/C26H26ClN3O3S2/c1-18-6-5-9-23(19(18)2)28-12-14-29(15-13-28)35(32,33)21-10-11-24-25(16-21)34-26(31)30(24)17-20-7-3-4-8-22(20)27/h3-11,16H,12-15,17H2,1-2H3. The molecule has 1 fully saturated rings. The van der Waals surface area contributed by atoms with E-state index in [1.165, 1.54) is 11.1 Å². The summed E-state index contributed by atoms with van der Waals surface area (Å²) < 4.78 is 30.7. The number of hydrogen-bond acceptors (Lipinski definition) is 5. The molecule has 35 heavy (non-hydrogen) atoms. The summed E-state index contributed by atoms with van der Waals surface area (Å²) >= 11 is 7.34. The highest BCUT2D eigenvalue weighted by Gasteiger charge is 2.29. The highest BCUT2D eigenvalue weighted by atomic mass is 35.5. The summed E-state index contributed by atoms with van der Waals surface area (Å²) in [6.07, 6.45) is 0. The van der Waals surface area contributed by atoms with E-state index in [-0.39, 0.29) is 9.77 Å². The van der Waals surface area contributed by atoms with Crippen LogP contribution >= 0.6 is 22.9 Å². The fourth-order valence-corrected chi connectivity index (χ4v) is 7.20. The van der Waals surface area contributed by atoms with Gasteiger partial charge in [-0.1, -0.05) is 53.3 Å². The predicted molar refractivity (Wildman–Crippen MR) is 144 cm³/mol. The van der Waals surface area contributed by atoms with Crippen LogP contribution in [0.1, 0.15) is 16.7 Å². The minimum atomic E-state index is -3.67. The Balaban J connectivity index is 1.38. The van der Waals surface area contributed by atoms with Crippen LogP contribution in [0.3, 0.4) is 0 Å². The van der Waals surface area contributed by atoms with Gasteiger partial charge in [-0.15, -0.1) is 0 Å². The number of benzene rings is 3. The van der Waals surface area contributed by atoms with Crippen molar-refractivity contribution in [2.75, 3.05) is 31.1 Å². The number of sulfonamides is 1. The van der Waals surface area contributed by atoms with Crippen molar-refractivity contribution in [1.29, 1.82) is 0 Å². The van der Waals surface area contributed by atoms with Crippen molar-refractivity contribution in [1.82, 2.24) is 8.87 Å². The third-order valence-corrected chi connectivity index (χ3v) is 9.92. The van der Waals surface area contributed by atoms with E-state index in [1.807, 2.05) is 24.3 Å².